The van der Waals surface area contributed by atoms with E-state index in [4.69, 9.17) is 16.3 Å². The molecule has 3 aromatic rings. The molecule has 8 nitrogen and oxygen atoms in total. The van der Waals surface area contributed by atoms with Gasteiger partial charge in [0, 0.05) is 13.1 Å². The number of benzene rings is 3. The van der Waals surface area contributed by atoms with Crippen LogP contribution in [-0.2, 0) is 26.2 Å². The predicted molar refractivity (Wildman–Crippen MR) is 153 cm³/mol. The van der Waals surface area contributed by atoms with Crippen molar-refractivity contribution in [2.75, 3.05) is 24.5 Å². The summed E-state index contributed by atoms with van der Waals surface area (Å²) in [4.78, 5) is 28.1. The zero-order chi connectivity index (χ0) is 29.3. The van der Waals surface area contributed by atoms with E-state index in [0.29, 0.717) is 17.9 Å². The predicted octanol–water partition coefficient (Wildman–Crippen LogP) is 5.02. The molecule has 3 aromatic carbocycles. The SMILES string of the molecule is CCCCNC(=O)[C@H](C)N(Cc1ccc(OC)cc1)C(=O)CN(c1ccc(F)c(Cl)c1)S(=O)(=O)c1ccccc1. The summed E-state index contributed by atoms with van der Waals surface area (Å²) in [5.41, 5.74) is 0.720. The lowest BCUT2D eigenvalue weighted by Crippen LogP contribution is -2.51. The van der Waals surface area contributed by atoms with Crippen molar-refractivity contribution in [1.82, 2.24) is 10.2 Å². The van der Waals surface area contributed by atoms with Crippen molar-refractivity contribution in [2.45, 2.75) is 44.2 Å². The summed E-state index contributed by atoms with van der Waals surface area (Å²) in [6, 6.07) is 17.1. The molecule has 1 N–H and O–H groups in total. The summed E-state index contributed by atoms with van der Waals surface area (Å²) < 4.78 is 47.5. The number of nitrogens with one attached hydrogen (secondary N) is 1. The van der Waals surface area contributed by atoms with E-state index in [1.165, 1.54) is 30.2 Å². The summed E-state index contributed by atoms with van der Waals surface area (Å²) >= 11 is 5.98. The molecule has 3 rings (SSSR count). The van der Waals surface area contributed by atoms with Crippen LogP contribution in [0.5, 0.6) is 5.75 Å². The highest BCUT2D eigenvalue weighted by molar-refractivity contribution is 7.92. The quantitative estimate of drug-likeness (QED) is 0.283. The van der Waals surface area contributed by atoms with Crippen LogP contribution in [0.15, 0.2) is 77.7 Å². The summed E-state index contributed by atoms with van der Waals surface area (Å²) in [5.74, 6) is -1.10. The van der Waals surface area contributed by atoms with Crippen LogP contribution in [0.3, 0.4) is 0 Å². The first-order valence-electron chi connectivity index (χ1n) is 12.8. The highest BCUT2D eigenvalue weighted by Gasteiger charge is 2.32. The Balaban J connectivity index is 2.00. The van der Waals surface area contributed by atoms with E-state index in [-0.39, 0.29) is 28.1 Å². The van der Waals surface area contributed by atoms with Crippen LogP contribution in [0.4, 0.5) is 10.1 Å². The van der Waals surface area contributed by atoms with E-state index < -0.39 is 34.3 Å². The van der Waals surface area contributed by atoms with Crippen molar-refractivity contribution in [1.29, 1.82) is 0 Å². The first-order chi connectivity index (χ1) is 19.1. The molecule has 0 heterocycles. The van der Waals surface area contributed by atoms with Crippen LogP contribution in [0.1, 0.15) is 32.3 Å². The number of anilines is 1. The van der Waals surface area contributed by atoms with Crippen LogP contribution in [0.25, 0.3) is 0 Å². The number of carbonyl (C=O) groups excluding carboxylic acids is 2. The minimum absolute atomic E-state index is 0.00745. The minimum atomic E-state index is -4.27. The number of hydrogen-bond acceptors (Lipinski definition) is 5. The van der Waals surface area contributed by atoms with Gasteiger partial charge in [-0.05, 0) is 61.4 Å². The van der Waals surface area contributed by atoms with Crippen molar-refractivity contribution in [3.8, 4) is 5.75 Å². The lowest BCUT2D eigenvalue weighted by atomic mass is 10.1. The number of halogens is 2. The lowest BCUT2D eigenvalue weighted by Gasteiger charge is -2.32. The molecule has 0 aliphatic rings. The van der Waals surface area contributed by atoms with Crippen molar-refractivity contribution < 1.29 is 27.1 Å². The lowest BCUT2D eigenvalue weighted by molar-refractivity contribution is -0.139. The zero-order valence-corrected chi connectivity index (χ0v) is 24.2. The first-order valence-corrected chi connectivity index (χ1v) is 14.6. The smallest absolute Gasteiger partial charge is 0.264 e. The Morgan fingerprint density at radius 3 is 2.33 bits per heavy atom. The number of sulfonamides is 1. The molecule has 0 bridgehead atoms. The van der Waals surface area contributed by atoms with Gasteiger partial charge >= 0.3 is 0 Å². The third kappa shape index (κ3) is 7.73. The highest BCUT2D eigenvalue weighted by Crippen LogP contribution is 2.28. The van der Waals surface area contributed by atoms with Gasteiger partial charge in [-0.15, -0.1) is 0 Å². The van der Waals surface area contributed by atoms with Crippen LogP contribution in [-0.4, -0.2) is 51.4 Å². The molecular formula is C29H33ClFN3O5S. The Morgan fingerprint density at radius 1 is 1.05 bits per heavy atom. The van der Waals surface area contributed by atoms with Gasteiger partial charge in [0.1, 0.15) is 24.2 Å². The third-order valence-corrected chi connectivity index (χ3v) is 8.39. The second kappa shape index (κ2) is 14.1. The van der Waals surface area contributed by atoms with Gasteiger partial charge in [0.2, 0.25) is 11.8 Å². The molecular weight excluding hydrogens is 557 g/mol. The van der Waals surface area contributed by atoms with E-state index in [0.717, 1.165) is 29.3 Å². The first kappa shape index (κ1) is 30.9. The van der Waals surface area contributed by atoms with Crippen LogP contribution in [0, 0.1) is 5.82 Å². The van der Waals surface area contributed by atoms with Gasteiger partial charge in [0.15, 0.2) is 0 Å². The Labute approximate surface area is 239 Å². The topological polar surface area (TPSA) is 96.0 Å². The van der Waals surface area contributed by atoms with Gasteiger partial charge in [0.25, 0.3) is 10.0 Å². The molecule has 0 fully saturated rings. The second-order valence-corrected chi connectivity index (χ2v) is 11.4. The number of unbranched alkanes of at least 4 members (excludes halogenated alkanes) is 1. The molecule has 0 radical (unpaired) electrons. The Morgan fingerprint density at radius 2 is 1.73 bits per heavy atom. The van der Waals surface area contributed by atoms with Crippen LogP contribution in [0.2, 0.25) is 5.02 Å². The maximum Gasteiger partial charge on any atom is 0.264 e. The molecule has 1 atom stereocenters. The largest absolute Gasteiger partial charge is 0.497 e. The highest BCUT2D eigenvalue weighted by atomic mass is 35.5. The molecule has 0 aliphatic carbocycles. The van der Waals surface area contributed by atoms with E-state index in [9.17, 15) is 22.4 Å². The number of rotatable bonds is 13. The Kier molecular flexibility index (Phi) is 10.9. The summed E-state index contributed by atoms with van der Waals surface area (Å²) in [6.45, 7) is 3.43. The van der Waals surface area contributed by atoms with Crippen molar-refractivity contribution in [3.63, 3.8) is 0 Å². The monoisotopic (exact) mass is 589 g/mol. The fraction of sp³-hybridized carbons (Fsp3) is 0.310. The number of amides is 2. The standard InChI is InChI=1S/C29H33ClFN3O5S/c1-4-5-17-32-29(36)21(2)33(19-22-11-14-24(39-3)15-12-22)28(35)20-34(23-13-16-27(31)26(30)18-23)40(37,38)25-9-7-6-8-10-25/h6-16,18,21H,4-5,17,19-20H2,1-3H3,(H,32,36)/t21-/m0/s1. The molecule has 0 aliphatic heterocycles. The molecule has 0 spiro atoms. The normalized spacial score (nSPS) is 11.9. The van der Waals surface area contributed by atoms with Gasteiger partial charge in [-0.2, -0.15) is 0 Å². The second-order valence-electron chi connectivity index (χ2n) is 9.11. The van der Waals surface area contributed by atoms with E-state index >= 15 is 0 Å². The van der Waals surface area contributed by atoms with Gasteiger partial charge in [-0.3, -0.25) is 13.9 Å². The van der Waals surface area contributed by atoms with E-state index in [2.05, 4.69) is 5.32 Å². The van der Waals surface area contributed by atoms with Crippen molar-refractivity contribution >= 4 is 39.1 Å². The number of methoxy groups -OCH3 is 1. The number of ether oxygens (including phenoxy) is 1. The molecule has 40 heavy (non-hydrogen) atoms. The van der Waals surface area contributed by atoms with Crippen molar-refractivity contribution in [2.24, 2.45) is 0 Å². The fourth-order valence-corrected chi connectivity index (χ4v) is 5.54. The molecule has 0 unspecified atom stereocenters. The maximum absolute atomic E-state index is 14.0. The van der Waals surface area contributed by atoms with Gasteiger partial charge < -0.3 is 15.0 Å². The molecule has 2 amide bonds. The number of nitrogens with zero attached hydrogens (tertiary/aromatic N) is 2. The van der Waals surface area contributed by atoms with E-state index in [1.54, 1.807) is 49.4 Å². The zero-order valence-electron chi connectivity index (χ0n) is 22.6. The van der Waals surface area contributed by atoms with E-state index in [1.807, 2.05) is 6.92 Å². The fourth-order valence-electron chi connectivity index (χ4n) is 3.93. The third-order valence-electron chi connectivity index (χ3n) is 6.31. The maximum atomic E-state index is 14.0. The Hall–Kier alpha value is -3.63. The molecule has 0 saturated carbocycles. The average Bonchev–Trinajstić information content (AvgIpc) is 2.96. The van der Waals surface area contributed by atoms with Gasteiger partial charge in [-0.25, -0.2) is 12.8 Å². The Bertz CT molecular complexity index is 1400. The number of hydrogen-bond donors (Lipinski definition) is 1. The summed E-state index contributed by atoms with van der Waals surface area (Å²) in [6.07, 6.45) is 1.66. The minimum Gasteiger partial charge on any atom is -0.497 e. The molecule has 0 aromatic heterocycles. The van der Waals surface area contributed by atoms with Crippen LogP contribution < -0.4 is 14.4 Å². The molecule has 0 saturated heterocycles. The number of carbonyl (C=O) groups is 2. The summed E-state index contributed by atoms with van der Waals surface area (Å²) in [7, 11) is -2.73. The van der Waals surface area contributed by atoms with Gasteiger partial charge in [0.05, 0.1) is 22.7 Å². The summed E-state index contributed by atoms with van der Waals surface area (Å²) in [5, 5.41) is 2.54. The average molecular weight is 590 g/mol. The van der Waals surface area contributed by atoms with Crippen molar-refractivity contribution in [3.05, 3.63) is 89.2 Å². The van der Waals surface area contributed by atoms with Crippen LogP contribution >= 0.6 is 11.6 Å². The molecule has 214 valence electrons. The molecule has 11 heteroatoms. The van der Waals surface area contributed by atoms with Gasteiger partial charge in [-0.1, -0.05) is 55.3 Å².